The zero-order valence-corrected chi connectivity index (χ0v) is 10.9. The monoisotopic (exact) mass is 283 g/mol. The average Bonchev–Trinajstić information content (AvgIpc) is 2.57. The lowest BCUT2D eigenvalue weighted by atomic mass is 10.1. The van der Waals surface area contributed by atoms with Gasteiger partial charge < -0.3 is 5.32 Å². The molecule has 18 heavy (non-hydrogen) atoms. The molecule has 1 N–H and O–H groups in total. The van der Waals surface area contributed by atoms with Crippen LogP contribution < -0.4 is 5.32 Å². The molecule has 0 saturated carbocycles. The predicted octanol–water partition coefficient (Wildman–Crippen LogP) is 3.44. The molecule has 1 unspecified atom stereocenters. The summed E-state index contributed by atoms with van der Waals surface area (Å²) in [6.07, 6.45) is -4.00. The van der Waals surface area contributed by atoms with Gasteiger partial charge in [0.15, 0.2) is 0 Å². The number of carbonyl (C=O) groups excluding carboxylic acids is 1. The SMILES string of the molecule is Cc1cc(C(C)NC(=O)C(F)(F)C(F)F)c(C)s1. The first-order valence-electron chi connectivity index (χ1n) is 5.20. The molecule has 1 atom stereocenters. The Bertz CT molecular complexity index is 444. The van der Waals surface area contributed by atoms with Crippen molar-refractivity contribution in [3.63, 3.8) is 0 Å². The molecule has 1 aromatic heterocycles. The van der Waals surface area contributed by atoms with Crippen LogP contribution in [0.2, 0.25) is 0 Å². The summed E-state index contributed by atoms with van der Waals surface area (Å²) in [6, 6.07) is 1.01. The molecule has 7 heteroatoms. The van der Waals surface area contributed by atoms with Crippen LogP contribution in [0.15, 0.2) is 6.07 Å². The van der Waals surface area contributed by atoms with Crippen LogP contribution >= 0.6 is 11.3 Å². The van der Waals surface area contributed by atoms with Crippen molar-refractivity contribution < 1.29 is 22.4 Å². The van der Waals surface area contributed by atoms with Gasteiger partial charge in [0.2, 0.25) is 0 Å². The second-order valence-corrected chi connectivity index (χ2v) is 5.45. The van der Waals surface area contributed by atoms with Gasteiger partial charge in [-0.25, -0.2) is 8.78 Å². The minimum absolute atomic E-state index is 0.663. The predicted molar refractivity (Wildman–Crippen MR) is 61.3 cm³/mol. The highest BCUT2D eigenvalue weighted by molar-refractivity contribution is 7.12. The van der Waals surface area contributed by atoms with Gasteiger partial charge in [0.25, 0.3) is 5.91 Å². The number of aryl methyl sites for hydroxylation is 2. The van der Waals surface area contributed by atoms with E-state index in [1.54, 1.807) is 13.0 Å². The van der Waals surface area contributed by atoms with Gasteiger partial charge in [-0.2, -0.15) is 8.78 Å². The van der Waals surface area contributed by atoms with Crippen LogP contribution in [0.4, 0.5) is 17.6 Å². The summed E-state index contributed by atoms with van der Waals surface area (Å²) in [6.45, 7) is 5.10. The molecule has 0 aliphatic heterocycles. The fourth-order valence-electron chi connectivity index (χ4n) is 1.55. The van der Waals surface area contributed by atoms with E-state index in [1.165, 1.54) is 18.3 Å². The Morgan fingerprint density at radius 1 is 1.39 bits per heavy atom. The number of amides is 1. The summed E-state index contributed by atoms with van der Waals surface area (Å²) >= 11 is 1.45. The molecule has 0 fully saturated rings. The third kappa shape index (κ3) is 3.01. The van der Waals surface area contributed by atoms with Crippen LogP contribution in [0.5, 0.6) is 0 Å². The second kappa shape index (κ2) is 5.26. The molecule has 0 aromatic carbocycles. The number of rotatable bonds is 4. The average molecular weight is 283 g/mol. The molecule has 0 aliphatic carbocycles. The minimum atomic E-state index is -4.66. The lowest BCUT2D eigenvalue weighted by molar-refractivity contribution is -0.170. The smallest absolute Gasteiger partial charge is 0.344 e. The highest BCUT2D eigenvalue weighted by atomic mass is 32.1. The van der Waals surface area contributed by atoms with E-state index in [1.807, 2.05) is 12.2 Å². The Morgan fingerprint density at radius 3 is 2.33 bits per heavy atom. The number of nitrogens with one attached hydrogen (secondary N) is 1. The van der Waals surface area contributed by atoms with Crippen LogP contribution in [0, 0.1) is 13.8 Å². The van der Waals surface area contributed by atoms with E-state index < -0.39 is 24.3 Å². The summed E-state index contributed by atoms with van der Waals surface area (Å²) in [5.41, 5.74) is 0.663. The van der Waals surface area contributed by atoms with Gasteiger partial charge in [-0.15, -0.1) is 11.3 Å². The fraction of sp³-hybridized carbons (Fsp3) is 0.545. The number of hydrogen-bond acceptors (Lipinski definition) is 2. The third-order valence-corrected chi connectivity index (χ3v) is 3.45. The van der Waals surface area contributed by atoms with Crippen molar-refractivity contribution in [3.8, 4) is 0 Å². The Balaban J connectivity index is 2.80. The molecule has 0 saturated heterocycles. The van der Waals surface area contributed by atoms with Gasteiger partial charge >= 0.3 is 12.3 Å². The van der Waals surface area contributed by atoms with Gasteiger partial charge in [-0.1, -0.05) is 0 Å². The quantitative estimate of drug-likeness (QED) is 0.843. The molecule has 0 aliphatic rings. The van der Waals surface area contributed by atoms with Crippen molar-refractivity contribution in [2.24, 2.45) is 0 Å². The maximum Gasteiger partial charge on any atom is 0.383 e. The Hall–Kier alpha value is -1.11. The minimum Gasteiger partial charge on any atom is -0.344 e. The number of carbonyl (C=O) groups is 1. The van der Waals surface area contributed by atoms with E-state index in [0.717, 1.165) is 9.75 Å². The van der Waals surface area contributed by atoms with E-state index in [4.69, 9.17) is 0 Å². The molecule has 1 rings (SSSR count). The Morgan fingerprint density at radius 2 is 1.94 bits per heavy atom. The fourth-order valence-corrected chi connectivity index (χ4v) is 2.57. The third-order valence-electron chi connectivity index (χ3n) is 2.47. The van der Waals surface area contributed by atoms with E-state index in [0.29, 0.717) is 5.56 Å². The summed E-state index contributed by atoms with van der Waals surface area (Å²) in [5.74, 6) is -6.61. The second-order valence-electron chi connectivity index (χ2n) is 3.99. The highest BCUT2D eigenvalue weighted by Gasteiger charge is 2.49. The van der Waals surface area contributed by atoms with Crippen LogP contribution in [-0.2, 0) is 4.79 Å². The van der Waals surface area contributed by atoms with Crippen molar-refractivity contribution in [3.05, 3.63) is 21.4 Å². The van der Waals surface area contributed by atoms with Crippen molar-refractivity contribution in [2.45, 2.75) is 39.2 Å². The van der Waals surface area contributed by atoms with E-state index in [-0.39, 0.29) is 0 Å². The zero-order valence-electron chi connectivity index (χ0n) is 10.1. The van der Waals surface area contributed by atoms with Crippen molar-refractivity contribution in [1.82, 2.24) is 5.32 Å². The van der Waals surface area contributed by atoms with Crippen molar-refractivity contribution >= 4 is 17.2 Å². The molecule has 0 spiro atoms. The first-order valence-corrected chi connectivity index (χ1v) is 6.01. The Kier molecular flexibility index (Phi) is 4.37. The molecule has 2 nitrogen and oxygen atoms in total. The van der Waals surface area contributed by atoms with E-state index in [9.17, 15) is 22.4 Å². The maximum absolute atomic E-state index is 12.8. The van der Waals surface area contributed by atoms with Crippen LogP contribution in [0.1, 0.15) is 28.3 Å². The summed E-state index contributed by atoms with van der Waals surface area (Å²) in [7, 11) is 0. The van der Waals surface area contributed by atoms with Gasteiger partial charge in [-0.3, -0.25) is 4.79 Å². The normalized spacial score (nSPS) is 13.8. The standard InChI is InChI=1S/C11H13F4NOS/c1-5-4-8(7(3)18-5)6(2)16-10(17)11(14,15)9(12)13/h4,6,9H,1-3H3,(H,16,17). The van der Waals surface area contributed by atoms with E-state index in [2.05, 4.69) is 0 Å². The number of hydrogen-bond donors (Lipinski definition) is 1. The van der Waals surface area contributed by atoms with Crippen molar-refractivity contribution in [1.29, 1.82) is 0 Å². The van der Waals surface area contributed by atoms with Crippen molar-refractivity contribution in [2.75, 3.05) is 0 Å². The molecule has 1 heterocycles. The molecule has 0 bridgehead atoms. The lowest BCUT2D eigenvalue weighted by Crippen LogP contribution is -2.46. The number of thiophene rings is 1. The maximum atomic E-state index is 12.8. The van der Waals surface area contributed by atoms with Gasteiger partial charge in [-0.05, 0) is 32.4 Å². The molecular weight excluding hydrogens is 270 g/mol. The van der Waals surface area contributed by atoms with Gasteiger partial charge in [0.1, 0.15) is 0 Å². The topological polar surface area (TPSA) is 29.1 Å². The first kappa shape index (κ1) is 14.9. The zero-order chi connectivity index (χ0) is 14.1. The lowest BCUT2D eigenvalue weighted by Gasteiger charge is -2.19. The largest absolute Gasteiger partial charge is 0.383 e. The van der Waals surface area contributed by atoms with Crippen LogP contribution in [-0.4, -0.2) is 18.3 Å². The molecule has 0 radical (unpaired) electrons. The molecular formula is C11H13F4NOS. The first-order chi connectivity index (χ1) is 8.16. The van der Waals surface area contributed by atoms with Gasteiger partial charge in [0.05, 0.1) is 6.04 Å². The highest BCUT2D eigenvalue weighted by Crippen LogP contribution is 2.28. The number of halogens is 4. The Labute approximate surface area is 106 Å². The van der Waals surface area contributed by atoms with Gasteiger partial charge in [0, 0.05) is 9.75 Å². The molecule has 1 aromatic rings. The van der Waals surface area contributed by atoms with Crippen LogP contribution in [0.3, 0.4) is 0 Å². The molecule has 102 valence electrons. The summed E-state index contributed by atoms with van der Waals surface area (Å²) in [5, 5.41) is 1.91. The molecule has 1 amide bonds. The number of alkyl halides is 4. The van der Waals surface area contributed by atoms with Crippen LogP contribution in [0.25, 0.3) is 0 Å². The van der Waals surface area contributed by atoms with E-state index >= 15 is 0 Å². The summed E-state index contributed by atoms with van der Waals surface area (Å²) in [4.78, 5) is 12.9. The summed E-state index contributed by atoms with van der Waals surface area (Å²) < 4.78 is 49.5.